The molecule has 1 atom stereocenters. The summed E-state index contributed by atoms with van der Waals surface area (Å²) in [5.74, 6) is -0.0534. The summed E-state index contributed by atoms with van der Waals surface area (Å²) in [5.41, 5.74) is 1.17. The number of aromatic nitrogens is 2. The van der Waals surface area contributed by atoms with Gasteiger partial charge in [0.05, 0.1) is 5.69 Å². The monoisotopic (exact) mass is 263 g/mol. The van der Waals surface area contributed by atoms with Crippen molar-refractivity contribution >= 4 is 5.97 Å². The minimum atomic E-state index is -0.895. The van der Waals surface area contributed by atoms with Crippen LogP contribution in [0.1, 0.15) is 47.7 Å². The third kappa shape index (κ3) is 2.27. The maximum absolute atomic E-state index is 11.2. The predicted octanol–water partition coefficient (Wildman–Crippen LogP) is 1.69. The molecule has 1 aromatic heterocycles. The second-order valence-electron chi connectivity index (χ2n) is 5.66. The van der Waals surface area contributed by atoms with E-state index in [9.17, 15) is 9.90 Å². The normalized spacial score (nSPS) is 24.2. The lowest BCUT2D eigenvalue weighted by Gasteiger charge is -2.37. The van der Waals surface area contributed by atoms with Gasteiger partial charge in [-0.2, -0.15) is 0 Å². The van der Waals surface area contributed by atoms with E-state index >= 15 is 0 Å². The van der Waals surface area contributed by atoms with E-state index in [0.717, 1.165) is 30.9 Å². The Morgan fingerprint density at radius 1 is 1.32 bits per heavy atom. The van der Waals surface area contributed by atoms with E-state index in [2.05, 4.69) is 14.5 Å². The summed E-state index contributed by atoms with van der Waals surface area (Å²) in [5, 5.41) is 9.18. The van der Waals surface area contributed by atoms with Crippen LogP contribution >= 0.6 is 0 Å². The smallest absolute Gasteiger partial charge is 0.356 e. The van der Waals surface area contributed by atoms with E-state index in [1.807, 2.05) is 6.92 Å². The van der Waals surface area contributed by atoms with Gasteiger partial charge in [0.2, 0.25) is 0 Å². The quantitative estimate of drug-likeness (QED) is 0.882. The Balaban J connectivity index is 1.81. The zero-order chi connectivity index (χ0) is 13.4. The minimum Gasteiger partial charge on any atom is -0.476 e. The summed E-state index contributed by atoms with van der Waals surface area (Å²) in [4.78, 5) is 18.0. The number of carbonyl (C=O) groups is 1. The lowest BCUT2D eigenvalue weighted by Crippen LogP contribution is -2.44. The van der Waals surface area contributed by atoms with Gasteiger partial charge in [0.25, 0.3) is 0 Å². The van der Waals surface area contributed by atoms with E-state index in [0.29, 0.717) is 6.04 Å². The number of imidazole rings is 1. The summed E-state index contributed by atoms with van der Waals surface area (Å²) in [6.07, 6.45) is 5.84. The largest absolute Gasteiger partial charge is 0.476 e. The molecule has 104 valence electrons. The Labute approximate surface area is 113 Å². The molecule has 2 aliphatic heterocycles. The van der Waals surface area contributed by atoms with E-state index in [4.69, 9.17) is 0 Å². The van der Waals surface area contributed by atoms with Crippen molar-refractivity contribution in [3.8, 4) is 0 Å². The minimum absolute atomic E-state index is 0.259. The summed E-state index contributed by atoms with van der Waals surface area (Å²) in [6, 6.07) is 0.558. The lowest BCUT2D eigenvalue weighted by molar-refractivity contribution is 0.0687. The summed E-state index contributed by atoms with van der Waals surface area (Å²) >= 11 is 0. The molecule has 0 radical (unpaired) electrons. The van der Waals surface area contributed by atoms with Crippen molar-refractivity contribution in [2.24, 2.45) is 0 Å². The molecule has 19 heavy (non-hydrogen) atoms. The van der Waals surface area contributed by atoms with Crippen LogP contribution in [-0.2, 0) is 13.0 Å². The van der Waals surface area contributed by atoms with E-state index in [1.165, 1.54) is 32.4 Å². The molecular formula is C14H21N3O2. The van der Waals surface area contributed by atoms with Crippen LogP contribution in [0, 0.1) is 6.92 Å². The maximum atomic E-state index is 11.2. The second-order valence-corrected chi connectivity index (χ2v) is 5.66. The molecule has 0 aliphatic carbocycles. The Hall–Kier alpha value is -1.36. The van der Waals surface area contributed by atoms with Crippen LogP contribution in [0.4, 0.5) is 0 Å². The summed E-state index contributed by atoms with van der Waals surface area (Å²) in [7, 11) is 0. The van der Waals surface area contributed by atoms with Crippen LogP contribution in [0.2, 0.25) is 0 Å². The van der Waals surface area contributed by atoms with Crippen LogP contribution in [-0.4, -0.2) is 44.7 Å². The first-order valence-electron chi connectivity index (χ1n) is 7.20. The van der Waals surface area contributed by atoms with Crippen LogP contribution in [0.3, 0.4) is 0 Å². The maximum Gasteiger partial charge on any atom is 0.356 e. The highest BCUT2D eigenvalue weighted by atomic mass is 16.4. The molecule has 3 rings (SSSR count). The van der Waals surface area contributed by atoms with Gasteiger partial charge in [0.15, 0.2) is 5.69 Å². The second kappa shape index (κ2) is 4.96. The summed E-state index contributed by atoms with van der Waals surface area (Å²) < 4.78 is 2.12. The van der Waals surface area contributed by atoms with Crippen molar-refractivity contribution in [1.29, 1.82) is 0 Å². The fourth-order valence-corrected chi connectivity index (χ4v) is 3.46. The fraction of sp³-hybridized carbons (Fsp3) is 0.714. The molecular weight excluding hydrogens is 242 g/mol. The van der Waals surface area contributed by atoms with Crippen LogP contribution in [0.5, 0.6) is 0 Å². The summed E-state index contributed by atoms with van der Waals surface area (Å²) in [6.45, 7) is 5.20. The molecule has 5 heteroatoms. The number of piperidine rings is 1. The molecule has 0 saturated carbocycles. The molecule has 1 aromatic rings. The number of aromatic carboxylic acids is 1. The first kappa shape index (κ1) is 12.7. The van der Waals surface area contributed by atoms with Gasteiger partial charge in [0, 0.05) is 12.6 Å². The SMILES string of the molecule is Cc1nc(C(=O)O)c2n1CC(N1CCCCC1)CC2. The van der Waals surface area contributed by atoms with E-state index < -0.39 is 5.97 Å². The molecule has 0 aromatic carbocycles. The molecule has 1 N–H and O–H groups in total. The van der Waals surface area contributed by atoms with Crippen molar-refractivity contribution in [2.75, 3.05) is 13.1 Å². The molecule has 2 aliphatic rings. The highest BCUT2D eigenvalue weighted by Crippen LogP contribution is 2.25. The number of fused-ring (bicyclic) bond motifs is 1. The van der Waals surface area contributed by atoms with Gasteiger partial charge in [-0.05, 0) is 45.7 Å². The fourth-order valence-electron chi connectivity index (χ4n) is 3.46. The van der Waals surface area contributed by atoms with Gasteiger partial charge in [-0.1, -0.05) is 6.42 Å². The Bertz CT molecular complexity index is 489. The van der Waals surface area contributed by atoms with Crippen LogP contribution in [0.15, 0.2) is 0 Å². The molecule has 1 fully saturated rings. The van der Waals surface area contributed by atoms with Crippen molar-refractivity contribution in [3.63, 3.8) is 0 Å². The number of aryl methyl sites for hydroxylation is 1. The Morgan fingerprint density at radius 3 is 2.74 bits per heavy atom. The third-order valence-electron chi connectivity index (χ3n) is 4.48. The molecule has 0 amide bonds. The number of carboxylic acids is 1. The number of hydrogen-bond donors (Lipinski definition) is 1. The zero-order valence-electron chi connectivity index (χ0n) is 11.4. The molecule has 1 unspecified atom stereocenters. The number of carboxylic acid groups (broad SMARTS) is 1. The van der Waals surface area contributed by atoms with Crippen LogP contribution in [0.25, 0.3) is 0 Å². The molecule has 5 nitrogen and oxygen atoms in total. The average Bonchev–Trinajstić information content (AvgIpc) is 2.77. The third-order valence-corrected chi connectivity index (χ3v) is 4.48. The Kier molecular flexibility index (Phi) is 3.31. The van der Waals surface area contributed by atoms with Crippen molar-refractivity contribution in [3.05, 3.63) is 17.2 Å². The first-order chi connectivity index (χ1) is 9.16. The molecule has 0 spiro atoms. The van der Waals surface area contributed by atoms with Gasteiger partial charge in [-0.3, -0.25) is 4.90 Å². The van der Waals surface area contributed by atoms with Gasteiger partial charge >= 0.3 is 5.97 Å². The Morgan fingerprint density at radius 2 is 2.05 bits per heavy atom. The van der Waals surface area contributed by atoms with Crippen molar-refractivity contribution in [2.45, 2.75) is 51.6 Å². The van der Waals surface area contributed by atoms with Crippen molar-refractivity contribution < 1.29 is 9.90 Å². The van der Waals surface area contributed by atoms with Gasteiger partial charge in [-0.15, -0.1) is 0 Å². The zero-order valence-corrected chi connectivity index (χ0v) is 11.4. The van der Waals surface area contributed by atoms with E-state index in [1.54, 1.807) is 0 Å². The highest BCUT2D eigenvalue weighted by molar-refractivity contribution is 5.86. The van der Waals surface area contributed by atoms with Crippen LogP contribution < -0.4 is 0 Å². The predicted molar refractivity (Wildman–Crippen MR) is 71.5 cm³/mol. The number of likely N-dealkylation sites (tertiary alicyclic amines) is 1. The number of rotatable bonds is 2. The molecule has 0 bridgehead atoms. The first-order valence-corrected chi connectivity index (χ1v) is 7.20. The lowest BCUT2D eigenvalue weighted by atomic mass is 9.99. The van der Waals surface area contributed by atoms with Gasteiger partial charge < -0.3 is 9.67 Å². The standard InChI is InChI=1S/C14H21N3O2/c1-10-15-13(14(18)19)12-6-5-11(9-17(10)12)16-7-3-2-4-8-16/h11H,2-9H2,1H3,(H,18,19). The number of hydrogen-bond acceptors (Lipinski definition) is 3. The van der Waals surface area contributed by atoms with Gasteiger partial charge in [-0.25, -0.2) is 9.78 Å². The highest BCUT2D eigenvalue weighted by Gasteiger charge is 2.30. The van der Waals surface area contributed by atoms with E-state index in [-0.39, 0.29) is 5.69 Å². The number of nitrogens with zero attached hydrogens (tertiary/aromatic N) is 3. The molecule has 3 heterocycles. The van der Waals surface area contributed by atoms with Gasteiger partial charge in [0.1, 0.15) is 5.82 Å². The molecule has 1 saturated heterocycles. The van der Waals surface area contributed by atoms with Crippen molar-refractivity contribution in [1.82, 2.24) is 14.5 Å². The average molecular weight is 263 g/mol. The topological polar surface area (TPSA) is 58.4 Å².